The molecule has 0 aliphatic rings. The van der Waals surface area contributed by atoms with Gasteiger partial charge in [0.15, 0.2) is 5.13 Å². The number of aryl methyl sites for hydroxylation is 1. The van der Waals surface area contributed by atoms with E-state index in [1.54, 1.807) is 19.1 Å². The number of rotatable bonds is 8. The Morgan fingerprint density at radius 3 is 2.67 bits per heavy atom. The molecule has 0 aliphatic carbocycles. The zero-order valence-electron chi connectivity index (χ0n) is 15.4. The highest BCUT2D eigenvalue weighted by atomic mass is 32.2. The van der Waals surface area contributed by atoms with E-state index in [-0.39, 0.29) is 17.6 Å². The van der Waals surface area contributed by atoms with Gasteiger partial charge in [-0.2, -0.15) is 5.26 Å². The Bertz CT molecular complexity index is 839. The zero-order chi connectivity index (χ0) is 19.8. The van der Waals surface area contributed by atoms with Gasteiger partial charge >= 0.3 is 5.97 Å². The summed E-state index contributed by atoms with van der Waals surface area (Å²) < 4.78 is 5.21. The van der Waals surface area contributed by atoms with Gasteiger partial charge in [0.2, 0.25) is 5.91 Å². The number of hydrogen-bond acceptors (Lipinski definition) is 7. The quantitative estimate of drug-likeness (QED) is 0.670. The number of amides is 1. The second-order valence-electron chi connectivity index (χ2n) is 6.28. The molecule has 0 radical (unpaired) electrons. The third-order valence-electron chi connectivity index (χ3n) is 3.36. The van der Waals surface area contributed by atoms with E-state index in [2.05, 4.69) is 16.4 Å². The third kappa shape index (κ3) is 6.70. The molecule has 0 unspecified atom stereocenters. The van der Waals surface area contributed by atoms with Crippen LogP contribution in [0.2, 0.25) is 0 Å². The molecular weight excluding hydrogens is 382 g/mol. The lowest BCUT2D eigenvalue weighted by Gasteiger charge is -2.05. The topological polar surface area (TPSA) is 92.1 Å². The number of nitrogens with zero attached hydrogens (tertiary/aromatic N) is 2. The molecule has 1 N–H and O–H groups in total. The third-order valence-corrected chi connectivity index (χ3v) is 5.42. The lowest BCUT2D eigenvalue weighted by Crippen LogP contribution is -2.14. The SMILES string of the molecule is Cc1nc(NC(=O)CSCc2ccc(C#N)cc2)sc1C(=O)OCC(C)C. The Labute approximate surface area is 167 Å². The number of nitrogens with one attached hydrogen (secondary N) is 1. The van der Waals surface area contributed by atoms with Crippen molar-refractivity contribution >= 4 is 40.1 Å². The van der Waals surface area contributed by atoms with Crippen LogP contribution in [-0.4, -0.2) is 29.2 Å². The van der Waals surface area contributed by atoms with Crippen molar-refractivity contribution in [3.05, 3.63) is 46.0 Å². The van der Waals surface area contributed by atoms with Crippen LogP contribution in [0.15, 0.2) is 24.3 Å². The summed E-state index contributed by atoms with van der Waals surface area (Å²) in [6.07, 6.45) is 0. The van der Waals surface area contributed by atoms with Gasteiger partial charge in [0, 0.05) is 5.75 Å². The minimum atomic E-state index is -0.408. The molecule has 27 heavy (non-hydrogen) atoms. The summed E-state index contributed by atoms with van der Waals surface area (Å²) in [6.45, 7) is 6.00. The number of carbonyl (C=O) groups excluding carboxylic acids is 2. The predicted octanol–water partition coefficient (Wildman–Crippen LogP) is 4.01. The maximum Gasteiger partial charge on any atom is 0.350 e. The minimum Gasteiger partial charge on any atom is -0.461 e. The van der Waals surface area contributed by atoms with Gasteiger partial charge in [0.1, 0.15) is 4.88 Å². The fourth-order valence-electron chi connectivity index (χ4n) is 2.04. The Morgan fingerprint density at radius 1 is 1.33 bits per heavy atom. The molecule has 6 nitrogen and oxygen atoms in total. The number of aromatic nitrogens is 1. The molecule has 0 fully saturated rings. The van der Waals surface area contributed by atoms with E-state index in [9.17, 15) is 9.59 Å². The molecule has 2 aromatic rings. The van der Waals surface area contributed by atoms with Gasteiger partial charge in [-0.3, -0.25) is 4.79 Å². The van der Waals surface area contributed by atoms with E-state index in [1.165, 1.54) is 11.8 Å². The maximum atomic E-state index is 12.1. The average molecular weight is 404 g/mol. The Hall–Kier alpha value is -2.37. The summed E-state index contributed by atoms with van der Waals surface area (Å²) in [5, 5.41) is 11.9. The minimum absolute atomic E-state index is 0.176. The summed E-state index contributed by atoms with van der Waals surface area (Å²) in [4.78, 5) is 28.8. The maximum absolute atomic E-state index is 12.1. The largest absolute Gasteiger partial charge is 0.461 e. The van der Waals surface area contributed by atoms with Crippen LogP contribution in [0.3, 0.4) is 0 Å². The van der Waals surface area contributed by atoms with Crippen molar-refractivity contribution in [3.63, 3.8) is 0 Å². The lowest BCUT2D eigenvalue weighted by molar-refractivity contribution is -0.113. The number of esters is 1. The van der Waals surface area contributed by atoms with Gasteiger partial charge < -0.3 is 10.1 Å². The lowest BCUT2D eigenvalue weighted by atomic mass is 10.2. The number of thiazole rings is 1. The molecule has 8 heteroatoms. The van der Waals surface area contributed by atoms with Crippen LogP contribution in [0, 0.1) is 24.2 Å². The van der Waals surface area contributed by atoms with Crippen molar-refractivity contribution in [1.82, 2.24) is 4.98 Å². The summed E-state index contributed by atoms with van der Waals surface area (Å²) in [5.41, 5.74) is 2.21. The van der Waals surface area contributed by atoms with Crippen molar-refractivity contribution in [2.24, 2.45) is 5.92 Å². The van der Waals surface area contributed by atoms with Crippen molar-refractivity contribution in [3.8, 4) is 6.07 Å². The van der Waals surface area contributed by atoms with Gasteiger partial charge in [0.05, 0.1) is 29.7 Å². The number of benzene rings is 1. The predicted molar refractivity (Wildman–Crippen MR) is 108 cm³/mol. The second kappa shape index (κ2) is 10.1. The van der Waals surface area contributed by atoms with Gasteiger partial charge in [-0.1, -0.05) is 37.3 Å². The number of anilines is 1. The van der Waals surface area contributed by atoms with E-state index in [0.717, 1.165) is 16.9 Å². The summed E-state index contributed by atoms with van der Waals surface area (Å²) in [7, 11) is 0. The van der Waals surface area contributed by atoms with Crippen LogP contribution in [0.4, 0.5) is 5.13 Å². The number of carbonyl (C=O) groups is 2. The summed E-state index contributed by atoms with van der Waals surface area (Å²) in [6, 6.07) is 9.35. The van der Waals surface area contributed by atoms with Gasteiger partial charge in [-0.05, 0) is 30.5 Å². The number of thioether (sulfide) groups is 1. The second-order valence-corrected chi connectivity index (χ2v) is 8.26. The Kier molecular flexibility index (Phi) is 7.82. The summed E-state index contributed by atoms with van der Waals surface area (Å²) in [5.74, 6) is 0.613. The fourth-order valence-corrected chi connectivity index (χ4v) is 3.70. The molecule has 0 spiro atoms. The highest BCUT2D eigenvalue weighted by Gasteiger charge is 2.18. The first-order valence-corrected chi connectivity index (χ1v) is 10.4. The van der Waals surface area contributed by atoms with Crippen molar-refractivity contribution < 1.29 is 14.3 Å². The van der Waals surface area contributed by atoms with Crippen molar-refractivity contribution in [2.45, 2.75) is 26.5 Å². The highest BCUT2D eigenvalue weighted by Crippen LogP contribution is 2.24. The summed E-state index contributed by atoms with van der Waals surface area (Å²) >= 11 is 2.59. The average Bonchev–Trinajstić information content (AvgIpc) is 3.00. The molecule has 0 atom stereocenters. The molecule has 1 heterocycles. The first-order chi connectivity index (χ1) is 12.9. The van der Waals surface area contributed by atoms with Gasteiger partial charge in [-0.25, -0.2) is 9.78 Å². The Balaban J connectivity index is 1.82. The molecule has 0 saturated heterocycles. The van der Waals surface area contributed by atoms with Gasteiger partial charge in [-0.15, -0.1) is 11.8 Å². The van der Waals surface area contributed by atoms with E-state index in [4.69, 9.17) is 10.00 Å². The molecule has 2 rings (SSSR count). The molecular formula is C19H21N3O3S2. The number of nitriles is 1. The van der Waals surface area contributed by atoms with Crippen LogP contribution in [-0.2, 0) is 15.3 Å². The number of hydrogen-bond donors (Lipinski definition) is 1. The van der Waals surface area contributed by atoms with Crippen LogP contribution in [0.5, 0.6) is 0 Å². The molecule has 0 bridgehead atoms. The standard InChI is InChI=1S/C19H21N3O3S2/c1-12(2)9-25-18(24)17-13(3)21-19(27-17)22-16(23)11-26-10-15-6-4-14(8-20)5-7-15/h4-7,12H,9-11H2,1-3H3,(H,21,22,23). The molecule has 142 valence electrons. The number of ether oxygens (including phenoxy) is 1. The normalized spacial score (nSPS) is 10.5. The zero-order valence-corrected chi connectivity index (χ0v) is 17.1. The van der Waals surface area contributed by atoms with Crippen molar-refractivity contribution in [2.75, 3.05) is 17.7 Å². The molecule has 0 saturated carbocycles. The van der Waals surface area contributed by atoms with Gasteiger partial charge in [0.25, 0.3) is 0 Å². The highest BCUT2D eigenvalue weighted by molar-refractivity contribution is 7.99. The van der Waals surface area contributed by atoms with E-state index >= 15 is 0 Å². The first kappa shape index (κ1) is 20.9. The monoisotopic (exact) mass is 403 g/mol. The molecule has 0 aliphatic heterocycles. The fraction of sp³-hybridized carbons (Fsp3) is 0.368. The van der Waals surface area contributed by atoms with Crippen LogP contribution in [0.1, 0.15) is 40.3 Å². The molecule has 1 aromatic heterocycles. The van der Waals surface area contributed by atoms with E-state index in [1.807, 2.05) is 26.0 Å². The smallest absolute Gasteiger partial charge is 0.350 e. The molecule has 1 amide bonds. The molecule has 1 aromatic carbocycles. The van der Waals surface area contributed by atoms with Crippen molar-refractivity contribution in [1.29, 1.82) is 5.26 Å². The van der Waals surface area contributed by atoms with Crippen LogP contribution >= 0.6 is 23.1 Å². The van der Waals surface area contributed by atoms with E-state index in [0.29, 0.717) is 33.6 Å². The van der Waals surface area contributed by atoms with E-state index < -0.39 is 5.97 Å². The van der Waals surface area contributed by atoms with Crippen LogP contribution in [0.25, 0.3) is 0 Å². The Morgan fingerprint density at radius 2 is 2.04 bits per heavy atom. The first-order valence-electron chi connectivity index (χ1n) is 8.40. The van der Waals surface area contributed by atoms with Crippen LogP contribution < -0.4 is 5.32 Å².